The number of nitrogens with one attached hydrogen (secondary N) is 2. The van der Waals surface area contributed by atoms with Gasteiger partial charge in [-0.15, -0.1) is 0 Å². The van der Waals surface area contributed by atoms with Crippen molar-refractivity contribution in [3.8, 4) is 0 Å². The van der Waals surface area contributed by atoms with Crippen molar-refractivity contribution in [3.63, 3.8) is 0 Å². The maximum absolute atomic E-state index is 11.5. The van der Waals surface area contributed by atoms with Gasteiger partial charge in [-0.3, -0.25) is 4.79 Å². The fraction of sp³-hybridized carbons (Fsp3) is 0.692. The van der Waals surface area contributed by atoms with Crippen molar-refractivity contribution >= 4 is 11.9 Å². The molecule has 0 radical (unpaired) electrons. The van der Waals surface area contributed by atoms with Crippen LogP contribution in [0.25, 0.3) is 0 Å². The second-order valence-corrected chi connectivity index (χ2v) is 5.23. The Balaban J connectivity index is 2.49. The van der Waals surface area contributed by atoms with Gasteiger partial charge in [-0.05, 0) is 19.3 Å². The highest BCUT2D eigenvalue weighted by Gasteiger charge is 2.33. The van der Waals surface area contributed by atoms with E-state index in [1.165, 1.54) is 0 Å². The third kappa shape index (κ3) is 5.21. The number of carbonyl (C=O) groups excluding carboxylic acids is 1. The van der Waals surface area contributed by atoms with Crippen LogP contribution in [0.4, 0.5) is 0 Å². The molecule has 0 bridgehead atoms. The molecule has 5 nitrogen and oxygen atoms in total. The monoisotopic (exact) mass is 252 g/mol. The fourth-order valence-electron chi connectivity index (χ4n) is 1.37. The summed E-state index contributed by atoms with van der Waals surface area (Å²) in [6.45, 7) is 8.82. The molecule has 102 valence electrons. The van der Waals surface area contributed by atoms with Gasteiger partial charge in [-0.1, -0.05) is 19.1 Å². The first-order valence-electron chi connectivity index (χ1n) is 6.29. The van der Waals surface area contributed by atoms with Crippen LogP contribution in [0.3, 0.4) is 0 Å². The molecule has 5 heteroatoms. The summed E-state index contributed by atoms with van der Waals surface area (Å²) < 4.78 is 0. The Kier molecular flexibility index (Phi) is 5.19. The minimum atomic E-state index is -0.00438. The average molecular weight is 252 g/mol. The van der Waals surface area contributed by atoms with Gasteiger partial charge in [0.15, 0.2) is 5.96 Å². The number of aliphatic imine (C=N–C) groups is 1. The number of likely N-dealkylation sites (N-methyl/N-ethyl adjacent to an activating group) is 1. The van der Waals surface area contributed by atoms with Gasteiger partial charge < -0.3 is 15.5 Å². The zero-order valence-electron chi connectivity index (χ0n) is 11.8. The summed E-state index contributed by atoms with van der Waals surface area (Å²) in [4.78, 5) is 17.3. The number of carbonyl (C=O) groups is 1. The van der Waals surface area contributed by atoms with Crippen molar-refractivity contribution in [2.45, 2.75) is 26.3 Å². The molecule has 0 heterocycles. The Labute approximate surface area is 109 Å². The normalized spacial score (nSPS) is 22.3. The molecule has 1 amide bonds. The zero-order valence-corrected chi connectivity index (χ0v) is 11.8. The molecular formula is C13H24N4O. The molecule has 1 aliphatic carbocycles. The summed E-state index contributed by atoms with van der Waals surface area (Å²) in [5.74, 6) is 1.38. The lowest BCUT2D eigenvalue weighted by atomic mass is 10.3. The molecule has 2 unspecified atom stereocenters. The van der Waals surface area contributed by atoms with Crippen LogP contribution in [0.2, 0.25) is 0 Å². The van der Waals surface area contributed by atoms with Crippen molar-refractivity contribution in [2.24, 2.45) is 10.9 Å². The highest BCUT2D eigenvalue weighted by atomic mass is 16.2. The van der Waals surface area contributed by atoms with Gasteiger partial charge in [-0.25, -0.2) is 4.99 Å². The molecule has 0 aliphatic heterocycles. The van der Waals surface area contributed by atoms with Crippen molar-refractivity contribution < 1.29 is 4.79 Å². The Bertz CT molecular complexity index is 349. The lowest BCUT2D eigenvalue weighted by molar-refractivity contribution is -0.127. The van der Waals surface area contributed by atoms with E-state index in [0.29, 0.717) is 24.5 Å². The van der Waals surface area contributed by atoms with E-state index in [9.17, 15) is 4.79 Å². The standard InChI is InChI=1S/C13H24N4O/c1-9(2)7-14-13(16-11-6-10(11)3)15-8-12(18)17(4)5/h10-11H,1,6-8H2,2-5H3,(H2,14,15,16). The summed E-state index contributed by atoms with van der Waals surface area (Å²) in [6.07, 6.45) is 1.16. The zero-order chi connectivity index (χ0) is 13.7. The SMILES string of the molecule is C=C(C)CNC(=NCC(=O)N(C)C)NC1CC1C. The Morgan fingerprint density at radius 2 is 2.11 bits per heavy atom. The van der Waals surface area contributed by atoms with Crippen molar-refractivity contribution in [1.29, 1.82) is 0 Å². The number of hydrogen-bond acceptors (Lipinski definition) is 2. The predicted molar refractivity (Wildman–Crippen MR) is 74.5 cm³/mol. The van der Waals surface area contributed by atoms with E-state index in [2.05, 4.69) is 29.1 Å². The summed E-state index contributed by atoms with van der Waals surface area (Å²) in [7, 11) is 3.46. The predicted octanol–water partition coefficient (Wildman–Crippen LogP) is 0.594. The number of amides is 1. The Hall–Kier alpha value is -1.52. The van der Waals surface area contributed by atoms with E-state index < -0.39 is 0 Å². The third-order valence-electron chi connectivity index (χ3n) is 2.86. The lowest BCUT2D eigenvalue weighted by Gasteiger charge is -2.13. The maximum Gasteiger partial charge on any atom is 0.243 e. The third-order valence-corrected chi connectivity index (χ3v) is 2.86. The van der Waals surface area contributed by atoms with Gasteiger partial charge in [-0.2, -0.15) is 0 Å². The quantitative estimate of drug-likeness (QED) is 0.428. The molecule has 0 aromatic carbocycles. The molecule has 0 saturated heterocycles. The van der Waals surface area contributed by atoms with Crippen LogP contribution in [0.5, 0.6) is 0 Å². The average Bonchev–Trinajstić information content (AvgIpc) is 2.97. The van der Waals surface area contributed by atoms with Crippen molar-refractivity contribution in [1.82, 2.24) is 15.5 Å². The van der Waals surface area contributed by atoms with Crippen LogP contribution in [0, 0.1) is 5.92 Å². The van der Waals surface area contributed by atoms with E-state index in [-0.39, 0.29) is 12.5 Å². The molecular weight excluding hydrogens is 228 g/mol. The van der Waals surface area contributed by atoms with E-state index >= 15 is 0 Å². The van der Waals surface area contributed by atoms with Gasteiger partial charge in [0.1, 0.15) is 6.54 Å². The minimum Gasteiger partial charge on any atom is -0.353 e. The van der Waals surface area contributed by atoms with Crippen molar-refractivity contribution in [2.75, 3.05) is 27.2 Å². The minimum absolute atomic E-state index is 0.00438. The van der Waals surface area contributed by atoms with Gasteiger partial charge in [0.2, 0.25) is 5.91 Å². The molecule has 0 aromatic rings. The number of guanidine groups is 1. The second-order valence-electron chi connectivity index (χ2n) is 5.23. The lowest BCUT2D eigenvalue weighted by Crippen LogP contribution is -2.40. The van der Waals surface area contributed by atoms with E-state index in [1.54, 1.807) is 19.0 Å². The van der Waals surface area contributed by atoms with Gasteiger partial charge in [0.05, 0.1) is 0 Å². The van der Waals surface area contributed by atoms with Crippen molar-refractivity contribution in [3.05, 3.63) is 12.2 Å². The molecule has 18 heavy (non-hydrogen) atoms. The highest BCUT2D eigenvalue weighted by molar-refractivity contribution is 5.85. The molecule has 0 aromatic heterocycles. The number of nitrogens with zero attached hydrogens (tertiary/aromatic N) is 2. The first-order chi connectivity index (χ1) is 8.40. The van der Waals surface area contributed by atoms with Crippen LogP contribution >= 0.6 is 0 Å². The number of rotatable bonds is 5. The van der Waals surface area contributed by atoms with Gasteiger partial charge in [0, 0.05) is 26.7 Å². The van der Waals surface area contributed by atoms with Crippen LogP contribution in [0.15, 0.2) is 17.1 Å². The Morgan fingerprint density at radius 3 is 2.56 bits per heavy atom. The molecule has 1 fully saturated rings. The molecule has 0 spiro atoms. The van der Waals surface area contributed by atoms with Crippen LogP contribution < -0.4 is 10.6 Å². The summed E-state index contributed by atoms with van der Waals surface area (Å²) >= 11 is 0. The summed E-state index contributed by atoms with van der Waals surface area (Å²) in [5.41, 5.74) is 1.03. The largest absolute Gasteiger partial charge is 0.353 e. The second kappa shape index (κ2) is 6.42. The summed E-state index contributed by atoms with van der Waals surface area (Å²) in [6, 6.07) is 0.482. The first-order valence-corrected chi connectivity index (χ1v) is 6.29. The van der Waals surface area contributed by atoms with E-state index in [0.717, 1.165) is 12.0 Å². The Morgan fingerprint density at radius 1 is 1.50 bits per heavy atom. The molecule has 1 rings (SSSR count). The van der Waals surface area contributed by atoms with E-state index in [1.807, 2.05) is 6.92 Å². The summed E-state index contributed by atoms with van der Waals surface area (Å²) in [5, 5.41) is 6.49. The van der Waals surface area contributed by atoms with Gasteiger partial charge >= 0.3 is 0 Å². The van der Waals surface area contributed by atoms with Crippen LogP contribution in [-0.4, -0.2) is 50.0 Å². The first kappa shape index (κ1) is 14.5. The maximum atomic E-state index is 11.5. The topological polar surface area (TPSA) is 56.7 Å². The van der Waals surface area contributed by atoms with Crippen LogP contribution in [-0.2, 0) is 4.79 Å². The highest BCUT2D eigenvalue weighted by Crippen LogP contribution is 2.28. The fourth-order valence-corrected chi connectivity index (χ4v) is 1.37. The molecule has 2 atom stereocenters. The molecule has 1 saturated carbocycles. The van der Waals surface area contributed by atoms with Gasteiger partial charge in [0.25, 0.3) is 0 Å². The smallest absolute Gasteiger partial charge is 0.243 e. The molecule has 1 aliphatic rings. The molecule has 2 N–H and O–H groups in total. The van der Waals surface area contributed by atoms with Crippen LogP contribution in [0.1, 0.15) is 20.3 Å². The number of hydrogen-bond donors (Lipinski definition) is 2. The van der Waals surface area contributed by atoms with E-state index in [4.69, 9.17) is 0 Å².